The van der Waals surface area contributed by atoms with E-state index < -0.39 is 0 Å². The van der Waals surface area contributed by atoms with Crippen molar-refractivity contribution in [1.29, 1.82) is 0 Å². The first kappa shape index (κ1) is 67.8. The summed E-state index contributed by atoms with van der Waals surface area (Å²) < 4.78 is 0. The second-order valence-corrected chi connectivity index (χ2v) is 40.1. The third-order valence-corrected chi connectivity index (χ3v) is 14.6. The molecule has 0 aliphatic heterocycles. The van der Waals surface area contributed by atoms with Crippen LogP contribution in [-0.4, -0.2) is 10.9 Å². The van der Waals surface area contributed by atoms with Crippen LogP contribution in [0.1, 0.15) is 72.2 Å². The van der Waals surface area contributed by atoms with Crippen molar-refractivity contribution in [2.24, 2.45) is 0 Å². The summed E-state index contributed by atoms with van der Waals surface area (Å²) in [6, 6.07) is 79.3. The van der Waals surface area contributed by atoms with Crippen LogP contribution in [-0.2, 0) is 72.4 Å². The number of hydrogen-bond acceptors (Lipinski definition) is 0. The molecule has 0 bridgehead atoms. The Morgan fingerprint density at radius 1 is 0.280 bits per heavy atom. The van der Waals surface area contributed by atoms with Crippen molar-refractivity contribution < 1.29 is 71.5 Å². The molecule has 0 aliphatic rings. The van der Waals surface area contributed by atoms with Crippen molar-refractivity contribution in [1.82, 2.24) is 0 Å². The minimum Gasteiger partial charge on any atom is -1.00 e. The van der Waals surface area contributed by atoms with Gasteiger partial charge >= 0.3 is 83.7 Å². The molecule has 416 valence electrons. The molecule has 0 fully saturated rings. The molecule has 0 aliphatic carbocycles. The van der Waals surface area contributed by atoms with Crippen molar-refractivity contribution in [3.63, 3.8) is 0 Å². The molecule has 0 saturated carbocycles. The summed E-state index contributed by atoms with van der Waals surface area (Å²) in [6.07, 6.45) is 4.40. The number of benzene rings is 8. The number of hydrogen-bond donors (Lipinski definition) is 0. The minimum absolute atomic E-state index is 0. The Labute approximate surface area is 534 Å². The Kier molecular flexibility index (Phi) is 27.7. The first-order valence-electron chi connectivity index (χ1n) is 28.6. The van der Waals surface area contributed by atoms with Crippen LogP contribution in [0.3, 0.4) is 0 Å². The first-order valence-corrected chi connectivity index (χ1v) is 41.0. The van der Waals surface area contributed by atoms with E-state index in [1.165, 1.54) is 132 Å². The third-order valence-electron chi connectivity index (χ3n) is 14.6. The summed E-state index contributed by atoms with van der Waals surface area (Å²) in [7, 11) is 0. The normalized spacial score (nSPS) is 10.3. The van der Waals surface area contributed by atoms with Gasteiger partial charge in [0.15, 0.2) is 0 Å². The zero-order valence-corrected chi connectivity index (χ0v) is 58.8. The van der Waals surface area contributed by atoms with Gasteiger partial charge < -0.3 is 24.8 Å². The molecule has 82 heavy (non-hydrogen) atoms. The minimum atomic E-state index is 0. The molecule has 0 saturated heterocycles. The van der Waals surface area contributed by atoms with E-state index in [1.807, 2.05) is 0 Å². The van der Waals surface area contributed by atoms with Gasteiger partial charge in [0.1, 0.15) is 0 Å². The standard InChI is InChI=1S/4C18H17.2C2H6Si.2ClH.2Zr/c4*1-3-14-11-15-8-6-10-17(18(15)12-14)16-9-5-4-7-13(16)2;2*1-3-2;;;;/h4*4-12H,3H2,1-2H3;2*1-2H3;2*1H;;/q4*-1;;;;;2*+2/p-2. The third kappa shape index (κ3) is 18.0. The Bertz CT molecular complexity index is 3480. The zero-order valence-electron chi connectivity index (χ0n) is 50.4. The molecule has 6 heteroatoms. The van der Waals surface area contributed by atoms with Crippen molar-refractivity contribution in [3.05, 3.63) is 263 Å². The second-order valence-electron chi connectivity index (χ2n) is 21.4. The summed E-state index contributed by atoms with van der Waals surface area (Å²) in [5.41, 5.74) is 22.2. The first-order chi connectivity index (χ1) is 38.6. The smallest absolute Gasteiger partial charge is 1.00 e. The molecule has 0 atom stereocenters. The number of fused-ring (bicyclic) bond motifs is 4. The Hall–Kier alpha value is -5.02. The predicted molar refractivity (Wildman–Crippen MR) is 351 cm³/mol. The van der Waals surface area contributed by atoms with Gasteiger partial charge in [0, 0.05) is 0 Å². The van der Waals surface area contributed by atoms with E-state index in [2.05, 4.69) is 300 Å². The number of aryl methyl sites for hydroxylation is 8. The van der Waals surface area contributed by atoms with Crippen LogP contribution in [0.25, 0.3) is 87.6 Å². The van der Waals surface area contributed by atoms with Crippen molar-refractivity contribution >= 4 is 54.0 Å². The van der Waals surface area contributed by atoms with E-state index in [9.17, 15) is 0 Å². The summed E-state index contributed by atoms with van der Waals surface area (Å²) in [5, 5.41) is 10.9. The van der Waals surface area contributed by atoms with Gasteiger partial charge in [-0.05, 0) is 97.9 Å². The van der Waals surface area contributed by atoms with Crippen LogP contribution in [0.5, 0.6) is 0 Å². The van der Waals surface area contributed by atoms with Crippen LogP contribution in [0, 0.1) is 27.7 Å². The Morgan fingerprint density at radius 3 is 0.622 bits per heavy atom. The molecule has 0 spiro atoms. The molecular formula is C76H80Cl2Si2Zr2-2. The topological polar surface area (TPSA) is 0 Å². The fourth-order valence-corrected chi connectivity index (χ4v) is 10.4. The zero-order chi connectivity index (χ0) is 57.3. The van der Waals surface area contributed by atoms with Gasteiger partial charge in [0.2, 0.25) is 0 Å². The maximum absolute atomic E-state index is 2.33. The van der Waals surface area contributed by atoms with E-state index in [4.69, 9.17) is 0 Å². The van der Waals surface area contributed by atoms with Gasteiger partial charge in [0.25, 0.3) is 0 Å². The summed E-state index contributed by atoms with van der Waals surface area (Å²) >= 11 is 3.48. The molecule has 12 rings (SSSR count). The molecule has 0 amide bonds. The second kappa shape index (κ2) is 33.5. The molecule has 12 aromatic rings. The monoisotopic (exact) mass is 1300 g/mol. The molecule has 0 radical (unpaired) electrons. The molecule has 0 heterocycles. The average molecular weight is 1300 g/mol. The van der Waals surface area contributed by atoms with E-state index in [0.717, 1.165) is 25.7 Å². The summed E-state index contributed by atoms with van der Waals surface area (Å²) in [4.78, 5) is 0. The molecule has 12 aromatic carbocycles. The fourth-order valence-electron chi connectivity index (χ4n) is 10.4. The SMILES string of the molecule is CCc1cc2c(-c3ccccc3C)cccc2[cH-]1.CCc1cc2c(-c3ccccc3C)cccc2[cH-]1.CCc1cc2c(-c3ccccc3C)cccc2[cH-]1.CCc1cc2c(-c3ccccc3C)cccc2[cH-]1.C[Si](C)=[Zr+2].C[Si](C)=[Zr+2].[Cl-].[Cl-]. The van der Waals surface area contributed by atoms with Crippen molar-refractivity contribution in [2.75, 3.05) is 0 Å². The van der Waals surface area contributed by atoms with E-state index in [-0.39, 0.29) is 35.7 Å². The molecule has 0 nitrogen and oxygen atoms in total. The van der Waals surface area contributed by atoms with Crippen molar-refractivity contribution in [2.45, 2.75) is 107 Å². The van der Waals surface area contributed by atoms with Gasteiger partial charge in [0.05, 0.1) is 0 Å². The molecule has 0 aromatic heterocycles. The van der Waals surface area contributed by atoms with Crippen molar-refractivity contribution in [3.8, 4) is 44.5 Å². The number of rotatable bonds is 8. The summed E-state index contributed by atoms with van der Waals surface area (Å²) in [5.74, 6) is 0. The van der Waals surface area contributed by atoms with Crippen LogP contribution in [0.15, 0.2) is 218 Å². The van der Waals surface area contributed by atoms with E-state index in [0.29, 0.717) is 0 Å². The molecule has 0 N–H and O–H groups in total. The van der Waals surface area contributed by atoms with Crippen LogP contribution in [0.2, 0.25) is 26.2 Å². The van der Waals surface area contributed by atoms with Crippen LogP contribution in [0.4, 0.5) is 0 Å². The summed E-state index contributed by atoms with van der Waals surface area (Å²) in [6.45, 7) is 26.8. The number of halogens is 2. The fraction of sp³-hybridized carbons (Fsp3) is 0.211. The van der Waals surface area contributed by atoms with E-state index >= 15 is 0 Å². The maximum atomic E-state index is 2.33. The average Bonchev–Trinajstić information content (AvgIpc) is 4.35. The molecular weight excluding hydrogens is 1220 g/mol. The van der Waals surface area contributed by atoms with Gasteiger partial charge in [-0.25, -0.2) is 0 Å². The Morgan fingerprint density at radius 2 is 0.451 bits per heavy atom. The van der Waals surface area contributed by atoms with Gasteiger partial charge in [-0.2, -0.15) is 24.3 Å². The van der Waals surface area contributed by atoms with Gasteiger partial charge in [-0.15, -0.1) is 138 Å². The maximum Gasteiger partial charge on any atom is -1.00 e. The predicted octanol–water partition coefficient (Wildman–Crippen LogP) is 16.0. The van der Waals surface area contributed by atoms with Crippen LogP contribution < -0.4 is 24.8 Å². The van der Waals surface area contributed by atoms with Gasteiger partial charge in [-0.1, -0.05) is 171 Å². The quantitative estimate of drug-likeness (QED) is 0.105. The van der Waals surface area contributed by atoms with E-state index in [1.54, 1.807) is 46.7 Å². The largest absolute Gasteiger partial charge is 1.00 e. The molecule has 0 unspecified atom stereocenters. The van der Waals surface area contributed by atoms with Gasteiger partial charge in [-0.3, -0.25) is 0 Å². The van der Waals surface area contributed by atoms with Crippen LogP contribution >= 0.6 is 0 Å². The Balaban J connectivity index is 0.000000190.